The summed E-state index contributed by atoms with van der Waals surface area (Å²) >= 11 is 0. The molecule has 5 aromatic rings. The van der Waals surface area contributed by atoms with Gasteiger partial charge in [-0.1, -0.05) is 60.7 Å². The normalized spacial score (nSPS) is 11.3. The Balaban J connectivity index is 1.38. The minimum Gasteiger partial charge on any atom is -0.493 e. The van der Waals surface area contributed by atoms with E-state index in [2.05, 4.69) is 4.72 Å². The summed E-state index contributed by atoms with van der Waals surface area (Å²) in [5.41, 5.74) is 8.86. The number of rotatable bonds is 12. The summed E-state index contributed by atoms with van der Waals surface area (Å²) in [5, 5.41) is 9.55. The van der Waals surface area contributed by atoms with Crippen LogP contribution in [0.25, 0.3) is 10.8 Å². The summed E-state index contributed by atoms with van der Waals surface area (Å²) in [6.07, 6.45) is 0. The number of anilines is 2. The van der Waals surface area contributed by atoms with Crippen LogP contribution in [0.4, 0.5) is 11.4 Å². The van der Waals surface area contributed by atoms with Crippen molar-refractivity contribution in [3.05, 3.63) is 126 Å². The molecule has 5 rings (SSSR count). The number of sulfonamides is 1. The molecule has 0 heterocycles. The zero-order chi connectivity index (χ0) is 29.5. The van der Waals surface area contributed by atoms with Gasteiger partial charge in [-0.15, -0.1) is 0 Å². The zero-order valence-corrected chi connectivity index (χ0v) is 24.0. The van der Waals surface area contributed by atoms with Gasteiger partial charge in [0, 0.05) is 36.1 Å². The fraction of sp³-hybridized carbons (Fsp3) is 0.121. The molecule has 0 amide bonds. The van der Waals surface area contributed by atoms with E-state index in [1.165, 1.54) is 0 Å². The van der Waals surface area contributed by atoms with Gasteiger partial charge in [-0.2, -0.15) is 0 Å². The molecule has 0 radical (unpaired) electrons. The number of nitrogens with zero attached hydrogens (tertiary/aromatic N) is 1. The van der Waals surface area contributed by atoms with Crippen LogP contribution in [0.2, 0.25) is 0 Å². The van der Waals surface area contributed by atoms with Gasteiger partial charge in [0.25, 0.3) is 0 Å². The van der Waals surface area contributed by atoms with E-state index in [4.69, 9.17) is 20.6 Å². The number of fused-ring (bicyclic) bond motifs is 1. The predicted octanol–water partition coefficient (Wildman–Crippen LogP) is 5.83. The summed E-state index contributed by atoms with van der Waals surface area (Å²) in [4.78, 5) is 2.18. The highest BCUT2D eigenvalue weighted by Crippen LogP contribution is 2.35. The van der Waals surface area contributed by atoms with Gasteiger partial charge < -0.3 is 20.1 Å². The first kappa shape index (κ1) is 28.7. The van der Waals surface area contributed by atoms with E-state index in [0.717, 1.165) is 27.7 Å². The topological polar surface area (TPSA) is 118 Å². The van der Waals surface area contributed by atoms with Gasteiger partial charge in [0.2, 0.25) is 10.0 Å². The molecule has 0 spiro atoms. The fourth-order valence-corrected chi connectivity index (χ4v) is 5.67. The Morgan fingerprint density at radius 1 is 0.810 bits per heavy atom. The molecule has 0 fully saturated rings. The Bertz CT molecular complexity index is 1790. The highest BCUT2D eigenvalue weighted by molar-refractivity contribution is 7.89. The van der Waals surface area contributed by atoms with Crippen molar-refractivity contribution in [3.8, 4) is 11.5 Å². The van der Waals surface area contributed by atoms with E-state index >= 15 is 0 Å². The number of ether oxygens (including phenoxy) is 2. The van der Waals surface area contributed by atoms with Crippen LogP contribution in [0.5, 0.6) is 11.5 Å². The minimum atomic E-state index is -3.75. The van der Waals surface area contributed by atoms with Gasteiger partial charge in [-0.25, -0.2) is 13.1 Å². The maximum atomic E-state index is 13.2. The first-order chi connectivity index (χ1) is 20.3. The number of nitrogens with one attached hydrogen (secondary N) is 2. The van der Waals surface area contributed by atoms with E-state index in [9.17, 15) is 8.42 Å². The molecule has 0 bridgehead atoms. The van der Waals surface area contributed by atoms with Crippen molar-refractivity contribution in [1.29, 1.82) is 5.41 Å². The molecule has 42 heavy (non-hydrogen) atoms. The number of amidine groups is 1. The SMILES string of the molecule is COc1cc(N(CCNS(=O)(=O)c2ccc3ccccc3c2)c2ccc(C(=N)N)cc2)ccc1OCc1ccccc1. The molecule has 0 saturated carbocycles. The highest BCUT2D eigenvalue weighted by atomic mass is 32.2. The molecule has 0 atom stereocenters. The maximum absolute atomic E-state index is 13.2. The van der Waals surface area contributed by atoms with Gasteiger partial charge in [0.1, 0.15) is 12.4 Å². The third-order valence-corrected chi connectivity index (χ3v) is 8.30. The summed E-state index contributed by atoms with van der Waals surface area (Å²) in [6.45, 7) is 0.848. The second-order valence-corrected chi connectivity index (χ2v) is 11.4. The van der Waals surface area contributed by atoms with E-state index in [1.54, 1.807) is 37.4 Å². The third-order valence-electron chi connectivity index (χ3n) is 6.84. The minimum absolute atomic E-state index is 0.0298. The molecule has 0 aliphatic heterocycles. The largest absolute Gasteiger partial charge is 0.493 e. The monoisotopic (exact) mass is 580 g/mol. The second kappa shape index (κ2) is 12.8. The molecule has 9 heteroatoms. The molecule has 8 nitrogen and oxygen atoms in total. The number of hydrogen-bond donors (Lipinski definition) is 3. The quantitative estimate of drug-likeness (QED) is 0.126. The van der Waals surface area contributed by atoms with Crippen LogP contribution >= 0.6 is 0 Å². The lowest BCUT2D eigenvalue weighted by Gasteiger charge is -2.26. The van der Waals surface area contributed by atoms with Crippen molar-refractivity contribution in [2.24, 2.45) is 5.73 Å². The van der Waals surface area contributed by atoms with Crippen molar-refractivity contribution < 1.29 is 17.9 Å². The Hall–Kier alpha value is -4.86. The number of hydrogen-bond acceptors (Lipinski definition) is 6. The van der Waals surface area contributed by atoms with Crippen molar-refractivity contribution in [2.45, 2.75) is 11.5 Å². The van der Waals surface area contributed by atoms with Gasteiger partial charge in [0.05, 0.1) is 12.0 Å². The molecular formula is C33H32N4O4S. The smallest absolute Gasteiger partial charge is 0.240 e. The Morgan fingerprint density at radius 2 is 1.50 bits per heavy atom. The van der Waals surface area contributed by atoms with Crippen LogP contribution in [0.1, 0.15) is 11.1 Å². The van der Waals surface area contributed by atoms with Crippen molar-refractivity contribution in [1.82, 2.24) is 4.72 Å². The van der Waals surface area contributed by atoms with Crippen LogP contribution in [0, 0.1) is 5.41 Å². The highest BCUT2D eigenvalue weighted by Gasteiger charge is 2.18. The molecule has 0 aliphatic carbocycles. The molecular weight excluding hydrogens is 548 g/mol. The van der Waals surface area contributed by atoms with Crippen molar-refractivity contribution >= 4 is 38.0 Å². The van der Waals surface area contributed by atoms with Crippen molar-refractivity contribution in [3.63, 3.8) is 0 Å². The summed E-state index contributed by atoms with van der Waals surface area (Å²) in [7, 11) is -2.17. The third kappa shape index (κ3) is 6.71. The van der Waals surface area contributed by atoms with Crippen LogP contribution in [-0.2, 0) is 16.6 Å². The number of nitrogen functional groups attached to an aromatic ring is 1. The average molecular weight is 581 g/mol. The van der Waals surface area contributed by atoms with E-state index in [0.29, 0.717) is 30.2 Å². The molecule has 4 N–H and O–H groups in total. The number of methoxy groups -OCH3 is 1. The number of nitrogens with two attached hydrogens (primary N) is 1. The first-order valence-corrected chi connectivity index (χ1v) is 14.9. The van der Waals surface area contributed by atoms with E-state index in [1.807, 2.05) is 89.8 Å². The zero-order valence-electron chi connectivity index (χ0n) is 23.2. The molecule has 0 aliphatic rings. The lowest BCUT2D eigenvalue weighted by atomic mass is 10.1. The van der Waals surface area contributed by atoms with Crippen LogP contribution in [-0.4, -0.2) is 34.5 Å². The van der Waals surface area contributed by atoms with Crippen LogP contribution < -0.4 is 24.8 Å². The number of benzene rings is 5. The standard InChI is InChI=1S/C33H32N4O4S/c1-40-32-22-29(16-18-31(32)41-23-24-7-3-2-4-8-24)37(28-14-11-26(12-15-28)33(34)35)20-19-36-42(38,39)30-17-13-25-9-5-6-10-27(25)21-30/h2-18,21-22,36H,19-20,23H2,1H3,(H3,34,35). The first-order valence-electron chi connectivity index (χ1n) is 13.4. The fourth-order valence-electron chi connectivity index (χ4n) is 4.62. The van der Waals surface area contributed by atoms with Crippen molar-refractivity contribution in [2.75, 3.05) is 25.1 Å². The van der Waals surface area contributed by atoms with Crippen LogP contribution in [0.3, 0.4) is 0 Å². The molecule has 0 unspecified atom stereocenters. The van der Waals surface area contributed by atoms with Crippen LogP contribution in [0.15, 0.2) is 120 Å². The van der Waals surface area contributed by atoms with Gasteiger partial charge in [0.15, 0.2) is 11.5 Å². The summed E-state index contributed by atoms with van der Waals surface area (Å²) in [6, 6.07) is 35.4. The Kier molecular flexibility index (Phi) is 8.71. The average Bonchev–Trinajstić information content (AvgIpc) is 3.02. The maximum Gasteiger partial charge on any atom is 0.240 e. The van der Waals surface area contributed by atoms with Gasteiger partial charge in [-0.05, 0) is 64.9 Å². The van der Waals surface area contributed by atoms with E-state index < -0.39 is 10.0 Å². The second-order valence-electron chi connectivity index (χ2n) is 9.63. The summed E-state index contributed by atoms with van der Waals surface area (Å²) < 4.78 is 40.8. The van der Waals surface area contributed by atoms with E-state index in [-0.39, 0.29) is 17.3 Å². The molecule has 0 saturated heterocycles. The lowest BCUT2D eigenvalue weighted by Crippen LogP contribution is -2.33. The lowest BCUT2D eigenvalue weighted by molar-refractivity contribution is 0.284. The molecule has 5 aromatic carbocycles. The Morgan fingerprint density at radius 3 is 2.21 bits per heavy atom. The summed E-state index contributed by atoms with van der Waals surface area (Å²) in [5.74, 6) is 1.11. The molecule has 214 valence electrons. The van der Waals surface area contributed by atoms with Gasteiger partial charge in [-0.3, -0.25) is 5.41 Å². The predicted molar refractivity (Wildman–Crippen MR) is 167 cm³/mol. The molecule has 0 aromatic heterocycles. The Labute approximate surface area is 245 Å². The van der Waals surface area contributed by atoms with Gasteiger partial charge >= 0.3 is 0 Å².